The molecule has 0 unspecified atom stereocenters. The van der Waals surface area contributed by atoms with Gasteiger partial charge in [0.05, 0.1) is 6.54 Å². The lowest BCUT2D eigenvalue weighted by molar-refractivity contribution is -0.131. The first-order valence-electron chi connectivity index (χ1n) is 7.34. The zero-order valence-corrected chi connectivity index (χ0v) is 12.7. The lowest BCUT2D eigenvalue weighted by atomic mass is 9.98. The molecule has 1 amide bonds. The summed E-state index contributed by atoms with van der Waals surface area (Å²) >= 11 is 0. The number of rotatable bonds is 7. The van der Waals surface area contributed by atoms with E-state index in [1.54, 1.807) is 0 Å². The number of nitrogens with zero attached hydrogens (tertiary/aromatic N) is 2. The molecule has 0 radical (unpaired) electrons. The second-order valence-electron chi connectivity index (χ2n) is 5.76. The fourth-order valence-electron chi connectivity index (χ4n) is 2.60. The number of amides is 1. The van der Waals surface area contributed by atoms with Crippen molar-refractivity contribution in [2.45, 2.75) is 26.7 Å². The van der Waals surface area contributed by atoms with Crippen molar-refractivity contribution in [1.82, 2.24) is 15.1 Å². The minimum atomic E-state index is 0.210. The predicted molar refractivity (Wildman–Crippen MR) is 80.2 cm³/mol. The summed E-state index contributed by atoms with van der Waals surface area (Å²) in [6.45, 7) is 13.1. The number of nitrogens with one attached hydrogen (secondary N) is 1. The van der Waals surface area contributed by atoms with Crippen LogP contribution >= 0.6 is 0 Å². The highest BCUT2D eigenvalue weighted by Gasteiger charge is 2.18. The van der Waals surface area contributed by atoms with Crippen LogP contribution in [0.4, 0.5) is 0 Å². The van der Waals surface area contributed by atoms with Crippen molar-refractivity contribution in [2.24, 2.45) is 5.92 Å². The molecule has 1 rings (SSSR count). The highest BCUT2D eigenvalue weighted by Crippen LogP contribution is 2.12. The maximum atomic E-state index is 12.2. The van der Waals surface area contributed by atoms with Gasteiger partial charge < -0.3 is 10.2 Å². The zero-order valence-electron chi connectivity index (χ0n) is 12.7. The number of carbonyl (C=O) groups excluding carboxylic acids is 1. The van der Waals surface area contributed by atoms with Gasteiger partial charge >= 0.3 is 0 Å². The van der Waals surface area contributed by atoms with E-state index < -0.39 is 0 Å². The van der Waals surface area contributed by atoms with Crippen molar-refractivity contribution >= 4 is 5.91 Å². The molecule has 0 aromatic heterocycles. The van der Waals surface area contributed by atoms with E-state index in [1.807, 2.05) is 18.7 Å². The zero-order chi connectivity index (χ0) is 14.3. The normalized spacial score (nSPS) is 16.6. The third kappa shape index (κ3) is 6.21. The Bertz CT molecular complexity index is 298. The number of likely N-dealkylation sites (N-methyl/N-ethyl adjacent to an activating group) is 2. The van der Waals surface area contributed by atoms with Gasteiger partial charge in [-0.25, -0.2) is 0 Å². The number of hydrogen-bond donors (Lipinski definition) is 1. The van der Waals surface area contributed by atoms with Gasteiger partial charge in [-0.2, -0.15) is 0 Å². The lowest BCUT2D eigenvalue weighted by Gasteiger charge is -2.29. The van der Waals surface area contributed by atoms with Crippen LogP contribution in [0.25, 0.3) is 0 Å². The van der Waals surface area contributed by atoms with Gasteiger partial charge in [0.25, 0.3) is 0 Å². The van der Waals surface area contributed by atoms with E-state index in [9.17, 15) is 4.79 Å². The Balaban J connectivity index is 2.34. The molecule has 0 aromatic carbocycles. The molecule has 0 aromatic rings. The Kier molecular flexibility index (Phi) is 7.10. The quantitative estimate of drug-likeness (QED) is 0.707. The van der Waals surface area contributed by atoms with Crippen molar-refractivity contribution in [3.05, 3.63) is 12.2 Å². The van der Waals surface area contributed by atoms with Crippen molar-refractivity contribution in [3.8, 4) is 0 Å². The highest BCUT2D eigenvalue weighted by atomic mass is 16.2. The van der Waals surface area contributed by atoms with Crippen molar-refractivity contribution < 1.29 is 4.79 Å². The number of piperidine rings is 1. The Morgan fingerprint density at radius 3 is 2.47 bits per heavy atom. The van der Waals surface area contributed by atoms with Gasteiger partial charge in [-0.15, -0.1) is 0 Å². The first-order valence-corrected chi connectivity index (χ1v) is 7.34. The summed E-state index contributed by atoms with van der Waals surface area (Å²) in [5.74, 6) is 0.942. The van der Waals surface area contributed by atoms with Crippen LogP contribution in [0.3, 0.4) is 0 Å². The summed E-state index contributed by atoms with van der Waals surface area (Å²) in [6, 6.07) is 0. The van der Waals surface area contributed by atoms with Gasteiger partial charge in [0.1, 0.15) is 0 Å². The Hall–Kier alpha value is -0.870. The van der Waals surface area contributed by atoms with Gasteiger partial charge in [-0.05, 0) is 52.7 Å². The Morgan fingerprint density at radius 1 is 1.32 bits per heavy atom. The minimum Gasteiger partial charge on any atom is -0.338 e. The minimum absolute atomic E-state index is 0.210. The average Bonchev–Trinajstić information content (AvgIpc) is 2.36. The van der Waals surface area contributed by atoms with Crippen LogP contribution in [-0.4, -0.2) is 62.0 Å². The summed E-state index contributed by atoms with van der Waals surface area (Å²) < 4.78 is 0. The maximum absolute atomic E-state index is 12.2. The average molecular weight is 267 g/mol. The van der Waals surface area contributed by atoms with Gasteiger partial charge in [-0.1, -0.05) is 12.2 Å². The fourth-order valence-corrected chi connectivity index (χ4v) is 2.60. The molecule has 0 spiro atoms. The topological polar surface area (TPSA) is 35.6 Å². The second kappa shape index (κ2) is 8.33. The standard InChI is InChI=1S/C15H29N3O/c1-5-18(10-13(2)3)15(19)12-17(4)11-14-6-8-16-9-7-14/h14,16H,2,5-12H2,1,3-4H3. The third-order valence-corrected chi connectivity index (χ3v) is 3.63. The van der Waals surface area contributed by atoms with Crippen molar-refractivity contribution in [3.63, 3.8) is 0 Å². The molecular weight excluding hydrogens is 238 g/mol. The van der Waals surface area contributed by atoms with Gasteiger partial charge in [0.2, 0.25) is 5.91 Å². The van der Waals surface area contributed by atoms with E-state index in [4.69, 9.17) is 0 Å². The lowest BCUT2D eigenvalue weighted by Crippen LogP contribution is -2.42. The molecule has 1 N–H and O–H groups in total. The van der Waals surface area contributed by atoms with Gasteiger partial charge in [-0.3, -0.25) is 9.69 Å². The van der Waals surface area contributed by atoms with E-state index in [0.29, 0.717) is 13.1 Å². The molecule has 1 aliphatic heterocycles. The summed E-state index contributed by atoms with van der Waals surface area (Å²) in [5.41, 5.74) is 1.04. The summed E-state index contributed by atoms with van der Waals surface area (Å²) in [6.07, 6.45) is 2.45. The molecule has 4 nitrogen and oxygen atoms in total. The summed E-state index contributed by atoms with van der Waals surface area (Å²) in [5, 5.41) is 3.37. The van der Waals surface area contributed by atoms with Crippen LogP contribution in [0.15, 0.2) is 12.2 Å². The smallest absolute Gasteiger partial charge is 0.237 e. The monoisotopic (exact) mass is 267 g/mol. The van der Waals surface area contributed by atoms with E-state index in [2.05, 4.69) is 23.8 Å². The molecule has 0 bridgehead atoms. The number of carbonyl (C=O) groups is 1. The van der Waals surface area contributed by atoms with Crippen LogP contribution in [0.5, 0.6) is 0 Å². The first-order chi connectivity index (χ1) is 9.02. The largest absolute Gasteiger partial charge is 0.338 e. The first kappa shape index (κ1) is 16.2. The summed E-state index contributed by atoms with van der Waals surface area (Å²) in [4.78, 5) is 16.2. The van der Waals surface area contributed by atoms with E-state index in [0.717, 1.165) is 37.7 Å². The van der Waals surface area contributed by atoms with Crippen LogP contribution in [0.2, 0.25) is 0 Å². The van der Waals surface area contributed by atoms with E-state index in [1.165, 1.54) is 12.8 Å². The fraction of sp³-hybridized carbons (Fsp3) is 0.800. The molecule has 1 aliphatic rings. The van der Waals surface area contributed by atoms with Crippen LogP contribution in [-0.2, 0) is 4.79 Å². The predicted octanol–water partition coefficient (Wildman–Crippen LogP) is 1.34. The van der Waals surface area contributed by atoms with Gasteiger partial charge in [0.15, 0.2) is 0 Å². The van der Waals surface area contributed by atoms with E-state index >= 15 is 0 Å². The van der Waals surface area contributed by atoms with Crippen molar-refractivity contribution in [1.29, 1.82) is 0 Å². The molecule has 0 atom stereocenters. The molecule has 19 heavy (non-hydrogen) atoms. The molecule has 4 heteroatoms. The second-order valence-corrected chi connectivity index (χ2v) is 5.76. The maximum Gasteiger partial charge on any atom is 0.237 e. The third-order valence-electron chi connectivity index (χ3n) is 3.63. The molecule has 110 valence electrons. The SMILES string of the molecule is C=C(C)CN(CC)C(=O)CN(C)CC1CCNCC1. The van der Waals surface area contributed by atoms with E-state index in [-0.39, 0.29) is 5.91 Å². The molecule has 1 heterocycles. The molecule has 0 aliphatic carbocycles. The Morgan fingerprint density at radius 2 is 1.95 bits per heavy atom. The summed E-state index contributed by atoms with van der Waals surface area (Å²) in [7, 11) is 2.05. The van der Waals surface area contributed by atoms with Crippen molar-refractivity contribution in [2.75, 3.05) is 46.3 Å². The molecule has 0 saturated carbocycles. The Labute approximate surface area is 117 Å². The molecular formula is C15H29N3O. The van der Waals surface area contributed by atoms with Crippen LogP contribution < -0.4 is 5.32 Å². The van der Waals surface area contributed by atoms with Crippen LogP contribution in [0.1, 0.15) is 26.7 Å². The van der Waals surface area contributed by atoms with Gasteiger partial charge in [0, 0.05) is 19.6 Å². The highest BCUT2D eigenvalue weighted by molar-refractivity contribution is 5.78. The molecule has 1 fully saturated rings. The van der Waals surface area contributed by atoms with Crippen LogP contribution in [0, 0.1) is 5.92 Å². The molecule has 1 saturated heterocycles. The number of hydrogen-bond acceptors (Lipinski definition) is 3.